The SMILES string of the molecule is C[C@@H](CN)NC(=O)c1ccc(S(=O)(=O)N2CCNC(=O)C2)cc1. The fraction of sp³-hybridized carbons (Fsp3) is 0.429. The van der Waals surface area contributed by atoms with Crippen molar-refractivity contribution >= 4 is 21.8 Å². The number of hydrogen-bond donors (Lipinski definition) is 3. The highest BCUT2D eigenvalue weighted by Gasteiger charge is 2.29. The number of amides is 2. The van der Waals surface area contributed by atoms with E-state index >= 15 is 0 Å². The summed E-state index contributed by atoms with van der Waals surface area (Å²) in [5.41, 5.74) is 5.79. The highest BCUT2D eigenvalue weighted by molar-refractivity contribution is 7.89. The summed E-state index contributed by atoms with van der Waals surface area (Å²) in [6.45, 7) is 2.41. The second-order valence-corrected chi connectivity index (χ2v) is 7.26. The first-order valence-electron chi connectivity index (χ1n) is 7.22. The van der Waals surface area contributed by atoms with Crippen LogP contribution in [0, 0.1) is 0 Å². The van der Waals surface area contributed by atoms with Gasteiger partial charge in [-0.2, -0.15) is 4.31 Å². The first-order chi connectivity index (χ1) is 10.8. The summed E-state index contributed by atoms with van der Waals surface area (Å²) in [5.74, 6) is -0.643. The summed E-state index contributed by atoms with van der Waals surface area (Å²) in [4.78, 5) is 23.3. The van der Waals surface area contributed by atoms with Gasteiger partial charge in [0, 0.05) is 31.2 Å². The van der Waals surface area contributed by atoms with Crippen LogP contribution in [0.2, 0.25) is 0 Å². The van der Waals surface area contributed by atoms with Crippen LogP contribution < -0.4 is 16.4 Å². The smallest absolute Gasteiger partial charge is 0.251 e. The van der Waals surface area contributed by atoms with E-state index in [0.29, 0.717) is 12.1 Å². The van der Waals surface area contributed by atoms with Gasteiger partial charge >= 0.3 is 0 Å². The summed E-state index contributed by atoms with van der Waals surface area (Å²) in [6, 6.07) is 5.44. The number of carbonyl (C=O) groups excluding carboxylic acids is 2. The van der Waals surface area contributed by atoms with Gasteiger partial charge < -0.3 is 16.4 Å². The molecule has 0 aliphatic carbocycles. The molecule has 23 heavy (non-hydrogen) atoms. The fourth-order valence-corrected chi connectivity index (χ4v) is 3.51. The predicted octanol–water partition coefficient (Wildman–Crippen LogP) is -1.12. The number of sulfonamides is 1. The van der Waals surface area contributed by atoms with Crippen LogP contribution in [-0.2, 0) is 14.8 Å². The van der Waals surface area contributed by atoms with Crippen LogP contribution in [-0.4, -0.2) is 56.8 Å². The first kappa shape index (κ1) is 17.4. The molecule has 0 radical (unpaired) electrons. The monoisotopic (exact) mass is 340 g/mol. The Morgan fingerprint density at radius 3 is 2.61 bits per heavy atom. The molecule has 1 fully saturated rings. The molecule has 0 saturated carbocycles. The van der Waals surface area contributed by atoms with Gasteiger partial charge in [-0.3, -0.25) is 9.59 Å². The molecular weight excluding hydrogens is 320 g/mol. The van der Waals surface area contributed by atoms with E-state index in [1.807, 2.05) is 0 Å². The van der Waals surface area contributed by atoms with Crippen molar-refractivity contribution in [3.8, 4) is 0 Å². The Labute approximate surface area is 135 Å². The zero-order valence-electron chi connectivity index (χ0n) is 12.8. The van der Waals surface area contributed by atoms with Crippen LogP contribution in [0.1, 0.15) is 17.3 Å². The molecule has 0 bridgehead atoms. The van der Waals surface area contributed by atoms with Crippen molar-refractivity contribution in [1.29, 1.82) is 0 Å². The maximum atomic E-state index is 12.5. The lowest BCUT2D eigenvalue weighted by Gasteiger charge is -2.25. The van der Waals surface area contributed by atoms with Crippen molar-refractivity contribution in [2.24, 2.45) is 5.73 Å². The number of nitrogens with one attached hydrogen (secondary N) is 2. The van der Waals surface area contributed by atoms with E-state index < -0.39 is 10.0 Å². The lowest BCUT2D eigenvalue weighted by Crippen LogP contribution is -2.49. The van der Waals surface area contributed by atoms with Crippen LogP contribution in [0.25, 0.3) is 0 Å². The van der Waals surface area contributed by atoms with E-state index in [2.05, 4.69) is 10.6 Å². The molecule has 8 nitrogen and oxygen atoms in total. The molecule has 0 aromatic heterocycles. The van der Waals surface area contributed by atoms with Gasteiger partial charge in [-0.1, -0.05) is 0 Å². The van der Waals surface area contributed by atoms with E-state index in [0.717, 1.165) is 4.31 Å². The maximum Gasteiger partial charge on any atom is 0.251 e. The molecule has 1 atom stereocenters. The van der Waals surface area contributed by atoms with Crippen molar-refractivity contribution in [2.45, 2.75) is 17.9 Å². The Morgan fingerprint density at radius 1 is 1.39 bits per heavy atom. The van der Waals surface area contributed by atoms with Crippen molar-refractivity contribution < 1.29 is 18.0 Å². The minimum atomic E-state index is -3.74. The van der Waals surface area contributed by atoms with Crippen molar-refractivity contribution in [2.75, 3.05) is 26.2 Å². The van der Waals surface area contributed by atoms with Crippen LogP contribution in [0.4, 0.5) is 0 Å². The number of rotatable bonds is 5. The topological polar surface area (TPSA) is 122 Å². The van der Waals surface area contributed by atoms with Crippen LogP contribution in [0.5, 0.6) is 0 Å². The largest absolute Gasteiger partial charge is 0.354 e. The molecule has 1 aliphatic heterocycles. The normalized spacial score (nSPS) is 17.4. The molecule has 1 aromatic rings. The number of carbonyl (C=O) groups is 2. The van der Waals surface area contributed by atoms with E-state index in [4.69, 9.17) is 5.73 Å². The molecule has 2 rings (SSSR count). The zero-order valence-corrected chi connectivity index (χ0v) is 13.6. The van der Waals surface area contributed by atoms with Gasteiger partial charge in [-0.25, -0.2) is 8.42 Å². The van der Waals surface area contributed by atoms with Gasteiger partial charge in [0.2, 0.25) is 15.9 Å². The van der Waals surface area contributed by atoms with Gasteiger partial charge in [-0.15, -0.1) is 0 Å². The van der Waals surface area contributed by atoms with Crippen LogP contribution in [0.15, 0.2) is 29.2 Å². The second-order valence-electron chi connectivity index (χ2n) is 5.32. The summed E-state index contributed by atoms with van der Waals surface area (Å²) >= 11 is 0. The van der Waals surface area contributed by atoms with Gasteiger partial charge in [0.15, 0.2) is 0 Å². The minimum absolute atomic E-state index is 0.0515. The van der Waals surface area contributed by atoms with E-state index in [1.165, 1.54) is 24.3 Å². The van der Waals surface area contributed by atoms with Crippen molar-refractivity contribution in [3.63, 3.8) is 0 Å². The number of nitrogens with two attached hydrogens (primary N) is 1. The highest BCUT2D eigenvalue weighted by atomic mass is 32.2. The third-order valence-electron chi connectivity index (χ3n) is 3.49. The molecule has 126 valence electrons. The molecular formula is C14H20N4O4S. The Kier molecular flexibility index (Phi) is 5.34. The highest BCUT2D eigenvalue weighted by Crippen LogP contribution is 2.17. The third-order valence-corrected chi connectivity index (χ3v) is 5.35. The summed E-state index contributed by atoms with van der Waals surface area (Å²) < 4.78 is 26.1. The van der Waals surface area contributed by atoms with E-state index in [1.54, 1.807) is 6.92 Å². The molecule has 1 aromatic carbocycles. The molecule has 1 heterocycles. The lowest BCUT2D eigenvalue weighted by molar-refractivity contribution is -0.122. The number of nitrogens with zero attached hydrogens (tertiary/aromatic N) is 1. The molecule has 1 aliphatic rings. The van der Waals surface area contributed by atoms with E-state index in [9.17, 15) is 18.0 Å². The molecule has 1 saturated heterocycles. The average Bonchev–Trinajstić information content (AvgIpc) is 2.54. The fourth-order valence-electron chi connectivity index (χ4n) is 2.11. The molecule has 9 heteroatoms. The number of hydrogen-bond acceptors (Lipinski definition) is 5. The quantitative estimate of drug-likeness (QED) is 0.627. The summed E-state index contributed by atoms with van der Waals surface area (Å²) in [6.07, 6.45) is 0. The van der Waals surface area contributed by atoms with Crippen LogP contribution in [0.3, 0.4) is 0 Å². The lowest BCUT2D eigenvalue weighted by atomic mass is 10.2. The van der Waals surface area contributed by atoms with Gasteiger partial charge in [0.1, 0.15) is 0 Å². The Morgan fingerprint density at radius 2 is 2.04 bits per heavy atom. The molecule has 0 spiro atoms. The molecule has 2 amide bonds. The second kappa shape index (κ2) is 7.07. The van der Waals surface area contributed by atoms with E-state index in [-0.39, 0.29) is 42.4 Å². The third kappa shape index (κ3) is 4.06. The maximum absolute atomic E-state index is 12.5. The number of benzene rings is 1. The van der Waals surface area contributed by atoms with Crippen molar-refractivity contribution in [1.82, 2.24) is 14.9 Å². The Hall–Kier alpha value is -1.97. The van der Waals surface area contributed by atoms with Gasteiger partial charge in [0.05, 0.1) is 11.4 Å². The zero-order chi connectivity index (χ0) is 17.0. The minimum Gasteiger partial charge on any atom is -0.354 e. The van der Waals surface area contributed by atoms with Gasteiger partial charge in [0.25, 0.3) is 5.91 Å². The predicted molar refractivity (Wildman–Crippen MR) is 84.2 cm³/mol. The summed E-state index contributed by atoms with van der Waals surface area (Å²) in [5, 5.41) is 5.27. The average molecular weight is 340 g/mol. The Balaban J connectivity index is 2.15. The van der Waals surface area contributed by atoms with Gasteiger partial charge in [-0.05, 0) is 31.2 Å². The Bertz CT molecular complexity index is 687. The molecule has 4 N–H and O–H groups in total. The van der Waals surface area contributed by atoms with Crippen LogP contribution >= 0.6 is 0 Å². The van der Waals surface area contributed by atoms with Crippen molar-refractivity contribution in [3.05, 3.63) is 29.8 Å². The first-order valence-corrected chi connectivity index (χ1v) is 8.66. The summed E-state index contributed by atoms with van der Waals surface area (Å²) in [7, 11) is -3.74. The standard InChI is InChI=1S/C14H20N4O4S/c1-10(8-15)17-14(20)11-2-4-12(5-3-11)23(21,22)18-7-6-16-13(19)9-18/h2-5,10H,6-9,15H2,1H3,(H,16,19)(H,17,20)/t10-/m0/s1. The number of piperazine rings is 1. The molecule has 0 unspecified atom stereocenters.